The summed E-state index contributed by atoms with van der Waals surface area (Å²) in [5.41, 5.74) is -0.415. The van der Waals surface area contributed by atoms with Gasteiger partial charge in [0.25, 0.3) is 0 Å². The number of hydrogen-bond acceptors (Lipinski definition) is 6. The van der Waals surface area contributed by atoms with Gasteiger partial charge in [0, 0.05) is 40.2 Å². The number of aromatic nitrogens is 2. The van der Waals surface area contributed by atoms with Gasteiger partial charge in [-0.25, -0.2) is 9.97 Å². The van der Waals surface area contributed by atoms with Gasteiger partial charge in [0.1, 0.15) is 16.2 Å². The van der Waals surface area contributed by atoms with Crippen molar-refractivity contribution in [3.63, 3.8) is 0 Å². The average molecular weight is 279 g/mol. The Kier molecular flexibility index (Phi) is 3.38. The first-order chi connectivity index (χ1) is 9.29. The Morgan fingerprint density at radius 3 is 2.84 bits per heavy atom. The molecular formula is C13H17N3O2S. The normalized spacial score (nSPS) is 18.6. The zero-order valence-corrected chi connectivity index (χ0v) is 11.9. The van der Waals surface area contributed by atoms with Crippen LogP contribution in [-0.4, -0.2) is 37.3 Å². The number of methoxy groups -OCH3 is 1. The molecule has 0 unspecified atom stereocenters. The molecule has 0 radical (unpaired) electrons. The number of nitrogens with one attached hydrogen (secondary N) is 1. The van der Waals surface area contributed by atoms with Crippen molar-refractivity contribution in [1.82, 2.24) is 9.97 Å². The van der Waals surface area contributed by atoms with Crippen molar-refractivity contribution < 1.29 is 9.47 Å². The van der Waals surface area contributed by atoms with E-state index in [0.717, 1.165) is 34.7 Å². The highest BCUT2D eigenvalue weighted by molar-refractivity contribution is 7.16. The first-order valence-electron chi connectivity index (χ1n) is 6.35. The topological polar surface area (TPSA) is 56.3 Å². The third-order valence-corrected chi connectivity index (χ3v) is 4.47. The molecule has 0 aromatic carbocycles. The highest BCUT2D eigenvalue weighted by Gasteiger charge is 2.38. The van der Waals surface area contributed by atoms with Gasteiger partial charge in [0.2, 0.25) is 0 Å². The number of anilines is 1. The number of rotatable bonds is 3. The molecule has 1 N–H and O–H groups in total. The predicted molar refractivity (Wildman–Crippen MR) is 75.7 cm³/mol. The molecule has 0 saturated carbocycles. The van der Waals surface area contributed by atoms with Crippen LogP contribution in [0.2, 0.25) is 0 Å². The lowest BCUT2D eigenvalue weighted by Crippen LogP contribution is -2.37. The maximum Gasteiger partial charge on any atom is 0.164 e. The van der Waals surface area contributed by atoms with E-state index in [2.05, 4.69) is 10.3 Å². The molecule has 2 aromatic rings. The minimum absolute atomic E-state index is 0.415. The van der Waals surface area contributed by atoms with Crippen molar-refractivity contribution in [3.05, 3.63) is 17.3 Å². The minimum Gasteiger partial charge on any atom is -0.381 e. The van der Waals surface area contributed by atoms with Crippen LogP contribution in [0.1, 0.15) is 18.7 Å². The summed E-state index contributed by atoms with van der Waals surface area (Å²) < 4.78 is 11.2. The summed E-state index contributed by atoms with van der Waals surface area (Å²) in [5.74, 6) is 1.63. The van der Waals surface area contributed by atoms with Crippen LogP contribution in [0.5, 0.6) is 0 Å². The Balaban J connectivity index is 2.12. The van der Waals surface area contributed by atoms with Crippen LogP contribution in [0.4, 0.5) is 5.82 Å². The molecule has 0 aliphatic carbocycles. The number of thiophene rings is 1. The monoisotopic (exact) mass is 279 g/mol. The van der Waals surface area contributed by atoms with Crippen LogP contribution in [0.25, 0.3) is 10.2 Å². The van der Waals surface area contributed by atoms with Crippen molar-refractivity contribution >= 4 is 27.4 Å². The lowest BCUT2D eigenvalue weighted by molar-refractivity contribution is -0.0997. The first-order valence-corrected chi connectivity index (χ1v) is 7.23. The van der Waals surface area contributed by atoms with E-state index in [0.29, 0.717) is 13.2 Å². The molecule has 3 heterocycles. The van der Waals surface area contributed by atoms with Gasteiger partial charge >= 0.3 is 0 Å². The molecule has 19 heavy (non-hydrogen) atoms. The molecule has 6 heteroatoms. The molecule has 1 fully saturated rings. The van der Waals surface area contributed by atoms with Gasteiger partial charge in [-0.15, -0.1) is 11.3 Å². The van der Waals surface area contributed by atoms with Crippen molar-refractivity contribution in [2.45, 2.75) is 18.4 Å². The van der Waals surface area contributed by atoms with Gasteiger partial charge in [-0.3, -0.25) is 0 Å². The zero-order valence-electron chi connectivity index (χ0n) is 11.1. The predicted octanol–water partition coefficient (Wildman–Crippen LogP) is 2.39. The largest absolute Gasteiger partial charge is 0.381 e. The van der Waals surface area contributed by atoms with E-state index in [1.165, 1.54) is 0 Å². The summed E-state index contributed by atoms with van der Waals surface area (Å²) in [6.45, 7) is 1.38. The summed E-state index contributed by atoms with van der Waals surface area (Å²) >= 11 is 1.63. The molecule has 0 amide bonds. The second-order valence-electron chi connectivity index (χ2n) is 4.60. The standard InChI is InChI=1S/C13H17N3O2S/c1-14-10-9-3-8-19-11(9)16-12(15-10)13(17-2)4-6-18-7-5-13/h3,8H,4-7H2,1-2H3,(H,14,15,16). The average Bonchev–Trinajstić information content (AvgIpc) is 2.95. The van der Waals surface area contributed by atoms with E-state index in [9.17, 15) is 0 Å². The zero-order chi connectivity index (χ0) is 13.3. The summed E-state index contributed by atoms with van der Waals surface area (Å²) in [5, 5.41) is 6.25. The van der Waals surface area contributed by atoms with E-state index in [1.807, 2.05) is 18.5 Å². The Bertz CT molecular complexity index is 578. The molecule has 102 valence electrons. The van der Waals surface area contributed by atoms with Crippen molar-refractivity contribution in [3.8, 4) is 0 Å². The van der Waals surface area contributed by atoms with Crippen LogP contribution in [0, 0.1) is 0 Å². The van der Waals surface area contributed by atoms with Gasteiger partial charge in [-0.05, 0) is 11.4 Å². The van der Waals surface area contributed by atoms with Crippen molar-refractivity contribution in [1.29, 1.82) is 0 Å². The van der Waals surface area contributed by atoms with E-state index in [1.54, 1.807) is 18.4 Å². The summed E-state index contributed by atoms with van der Waals surface area (Å²) in [6.07, 6.45) is 1.59. The molecule has 0 bridgehead atoms. The summed E-state index contributed by atoms with van der Waals surface area (Å²) in [4.78, 5) is 10.4. The fraction of sp³-hybridized carbons (Fsp3) is 0.538. The van der Waals surface area contributed by atoms with Crippen LogP contribution >= 0.6 is 11.3 Å². The summed E-state index contributed by atoms with van der Waals surface area (Å²) in [7, 11) is 3.61. The van der Waals surface area contributed by atoms with Crippen LogP contribution in [-0.2, 0) is 15.1 Å². The summed E-state index contributed by atoms with van der Waals surface area (Å²) in [6, 6.07) is 2.04. The van der Waals surface area contributed by atoms with Gasteiger partial charge < -0.3 is 14.8 Å². The Morgan fingerprint density at radius 2 is 2.16 bits per heavy atom. The van der Waals surface area contributed by atoms with Gasteiger partial charge in [0.15, 0.2) is 5.82 Å². The highest BCUT2D eigenvalue weighted by atomic mass is 32.1. The van der Waals surface area contributed by atoms with E-state index in [-0.39, 0.29) is 0 Å². The van der Waals surface area contributed by atoms with Crippen LogP contribution in [0.15, 0.2) is 11.4 Å². The fourth-order valence-corrected chi connectivity index (χ4v) is 3.23. The number of nitrogens with zero attached hydrogens (tertiary/aromatic N) is 2. The molecule has 3 rings (SSSR count). The molecule has 1 aliphatic rings. The first kappa shape index (κ1) is 12.8. The third kappa shape index (κ3) is 2.09. The maximum absolute atomic E-state index is 5.76. The van der Waals surface area contributed by atoms with E-state index < -0.39 is 5.60 Å². The fourth-order valence-electron chi connectivity index (χ4n) is 2.47. The van der Waals surface area contributed by atoms with Gasteiger partial charge in [-0.1, -0.05) is 0 Å². The number of fused-ring (bicyclic) bond motifs is 1. The van der Waals surface area contributed by atoms with Crippen LogP contribution in [0.3, 0.4) is 0 Å². The minimum atomic E-state index is -0.415. The van der Waals surface area contributed by atoms with E-state index >= 15 is 0 Å². The molecule has 0 atom stereocenters. The third-order valence-electron chi connectivity index (χ3n) is 3.66. The second kappa shape index (κ2) is 5.03. The van der Waals surface area contributed by atoms with Gasteiger partial charge in [-0.2, -0.15) is 0 Å². The molecule has 2 aromatic heterocycles. The lowest BCUT2D eigenvalue weighted by atomic mass is 9.93. The number of hydrogen-bond donors (Lipinski definition) is 1. The number of ether oxygens (including phenoxy) is 2. The Hall–Kier alpha value is -1.24. The van der Waals surface area contributed by atoms with Gasteiger partial charge in [0.05, 0.1) is 5.39 Å². The van der Waals surface area contributed by atoms with Crippen LogP contribution < -0.4 is 5.32 Å². The Labute approximate surface area is 116 Å². The SMILES string of the molecule is CNc1nc(C2(OC)CCOCC2)nc2sccc12. The molecule has 0 spiro atoms. The molecular weight excluding hydrogens is 262 g/mol. The molecule has 1 aliphatic heterocycles. The molecule has 5 nitrogen and oxygen atoms in total. The highest BCUT2D eigenvalue weighted by Crippen LogP contribution is 2.36. The van der Waals surface area contributed by atoms with E-state index in [4.69, 9.17) is 14.5 Å². The lowest BCUT2D eigenvalue weighted by Gasteiger charge is -2.34. The quantitative estimate of drug-likeness (QED) is 0.935. The molecule has 1 saturated heterocycles. The van der Waals surface area contributed by atoms with Crippen molar-refractivity contribution in [2.75, 3.05) is 32.7 Å². The smallest absolute Gasteiger partial charge is 0.164 e. The maximum atomic E-state index is 5.76. The second-order valence-corrected chi connectivity index (χ2v) is 5.49. The Morgan fingerprint density at radius 1 is 1.37 bits per heavy atom. The van der Waals surface area contributed by atoms with Crippen molar-refractivity contribution in [2.24, 2.45) is 0 Å².